The highest BCUT2D eigenvalue weighted by Gasteiger charge is 2.42. The summed E-state index contributed by atoms with van der Waals surface area (Å²) in [4.78, 5) is 18.7. The van der Waals surface area contributed by atoms with E-state index < -0.39 is 12.3 Å². The smallest absolute Gasteiger partial charge is 0.387 e. The molecule has 2 bridgehead atoms. The normalized spacial score (nSPS) is 21.4. The summed E-state index contributed by atoms with van der Waals surface area (Å²) in [6.45, 7) is 1.01. The van der Waals surface area contributed by atoms with E-state index in [4.69, 9.17) is 14.5 Å². The van der Waals surface area contributed by atoms with E-state index in [1.54, 1.807) is 29.7 Å². The fourth-order valence-electron chi connectivity index (χ4n) is 4.16. The fraction of sp³-hybridized carbons (Fsp3) is 0.304. The number of thiazole rings is 1. The Morgan fingerprint density at radius 3 is 2.91 bits per heavy atom. The van der Waals surface area contributed by atoms with Crippen LogP contribution >= 0.6 is 11.3 Å². The fourth-order valence-corrected chi connectivity index (χ4v) is 5.29. The number of alkyl halides is 2. The van der Waals surface area contributed by atoms with E-state index in [0.717, 1.165) is 11.3 Å². The van der Waals surface area contributed by atoms with Crippen molar-refractivity contribution in [3.63, 3.8) is 0 Å². The van der Waals surface area contributed by atoms with E-state index in [9.17, 15) is 13.6 Å². The summed E-state index contributed by atoms with van der Waals surface area (Å²) >= 11 is 1.28. The van der Waals surface area contributed by atoms with Gasteiger partial charge in [-0.05, 0) is 43.7 Å². The van der Waals surface area contributed by atoms with Gasteiger partial charge in [0.05, 0.1) is 17.2 Å². The second kappa shape index (κ2) is 7.74. The third kappa shape index (κ3) is 3.56. The molecule has 1 aromatic heterocycles. The van der Waals surface area contributed by atoms with Gasteiger partial charge in [-0.15, -0.1) is 0 Å². The Bertz CT molecular complexity index is 1370. The Balaban J connectivity index is 1.62. The number of aromatic nitrogens is 1. The Morgan fingerprint density at radius 2 is 2.12 bits per heavy atom. The molecule has 0 aliphatic carbocycles. The summed E-state index contributed by atoms with van der Waals surface area (Å²) in [7, 11) is 0. The van der Waals surface area contributed by atoms with Gasteiger partial charge in [0, 0.05) is 12.0 Å². The van der Waals surface area contributed by atoms with Gasteiger partial charge in [-0.25, -0.2) is 4.99 Å². The lowest BCUT2D eigenvalue weighted by Gasteiger charge is -2.39. The van der Waals surface area contributed by atoms with Gasteiger partial charge in [0.2, 0.25) is 5.72 Å². The number of para-hydroxylation sites is 1. The van der Waals surface area contributed by atoms with Gasteiger partial charge in [0.1, 0.15) is 5.75 Å². The van der Waals surface area contributed by atoms with Gasteiger partial charge in [-0.3, -0.25) is 9.36 Å². The van der Waals surface area contributed by atoms with Crippen LogP contribution in [0.15, 0.2) is 52.3 Å². The molecule has 0 unspecified atom stereocenters. The van der Waals surface area contributed by atoms with Crippen LogP contribution in [0, 0.1) is 0 Å². The van der Waals surface area contributed by atoms with Gasteiger partial charge < -0.3 is 14.2 Å². The molecule has 32 heavy (non-hydrogen) atoms. The summed E-state index contributed by atoms with van der Waals surface area (Å²) in [5.74, 6) is 0.880. The zero-order chi connectivity index (χ0) is 22.5. The van der Waals surface area contributed by atoms with E-state index in [2.05, 4.69) is 4.74 Å². The molecule has 0 fully saturated rings. The molecule has 6 nitrogen and oxygen atoms in total. The molecule has 9 heteroatoms. The van der Waals surface area contributed by atoms with Crippen LogP contribution in [0.25, 0.3) is 6.08 Å². The monoisotopic (exact) mass is 458 g/mol. The van der Waals surface area contributed by atoms with E-state index in [1.807, 2.05) is 31.2 Å². The van der Waals surface area contributed by atoms with Crippen molar-refractivity contribution in [3.8, 4) is 17.2 Å². The van der Waals surface area contributed by atoms with Gasteiger partial charge in [-0.1, -0.05) is 35.6 Å². The minimum atomic E-state index is -2.95. The summed E-state index contributed by atoms with van der Waals surface area (Å²) in [5.41, 5.74) is 0.713. The van der Waals surface area contributed by atoms with Crippen molar-refractivity contribution in [1.29, 1.82) is 0 Å². The van der Waals surface area contributed by atoms with Gasteiger partial charge in [-0.2, -0.15) is 8.78 Å². The molecule has 0 saturated carbocycles. The summed E-state index contributed by atoms with van der Waals surface area (Å²) in [6, 6.07) is 12.1. The number of fused-ring (bicyclic) bond motifs is 6. The molecule has 3 aromatic rings. The van der Waals surface area contributed by atoms with Gasteiger partial charge in [0.15, 0.2) is 16.3 Å². The van der Waals surface area contributed by atoms with Crippen LogP contribution in [-0.2, 0) is 0 Å². The maximum Gasteiger partial charge on any atom is 0.387 e. The van der Waals surface area contributed by atoms with Crippen molar-refractivity contribution in [1.82, 2.24) is 4.57 Å². The van der Waals surface area contributed by atoms with Crippen molar-refractivity contribution < 1.29 is 23.0 Å². The quantitative estimate of drug-likeness (QED) is 0.588. The van der Waals surface area contributed by atoms with Crippen molar-refractivity contribution in [3.05, 3.63) is 73.3 Å². The Morgan fingerprint density at radius 1 is 1.31 bits per heavy atom. The van der Waals surface area contributed by atoms with Gasteiger partial charge in [0.25, 0.3) is 5.56 Å². The molecule has 5 rings (SSSR count). The first-order valence-corrected chi connectivity index (χ1v) is 11.0. The second-order valence-corrected chi connectivity index (χ2v) is 8.74. The summed E-state index contributed by atoms with van der Waals surface area (Å²) in [5, 5.41) is 0. The second-order valence-electron chi connectivity index (χ2n) is 7.73. The average molecular weight is 458 g/mol. The van der Waals surface area contributed by atoms with Crippen LogP contribution < -0.4 is 29.1 Å². The van der Waals surface area contributed by atoms with Crippen molar-refractivity contribution in [2.45, 2.75) is 38.6 Å². The molecule has 2 aliphatic heterocycles. The highest BCUT2D eigenvalue weighted by atomic mass is 32.1. The lowest BCUT2D eigenvalue weighted by atomic mass is 9.93. The molecule has 2 atom stereocenters. The minimum Gasteiger partial charge on any atom is -0.490 e. The standard InChI is InChI=1S/C23H20F2N2O4S/c1-3-29-18-10-13(8-9-17(18)30-21(24)25)11-19-20(28)27-15-12-23(2,26-22(27)32-19)31-16-7-5-4-6-14(15)16/h4-11,15,21H,3,12H2,1-2H3/b19-11-/t15-,23-/m0/s1. The number of halogens is 2. The SMILES string of the molecule is CCOc1cc(/C=c2\sc3n(c2=O)[C@H]2C[C@@](C)(N=3)Oc3ccccc32)ccc1OC(F)F. The average Bonchev–Trinajstić information content (AvgIpc) is 3.03. The van der Waals surface area contributed by atoms with Crippen molar-refractivity contribution in [2.24, 2.45) is 4.99 Å². The molecule has 2 aliphatic rings. The molecule has 0 radical (unpaired) electrons. The summed E-state index contributed by atoms with van der Waals surface area (Å²) < 4.78 is 43.6. The summed E-state index contributed by atoms with van der Waals surface area (Å²) in [6.07, 6.45) is 2.28. The Labute approximate surface area is 186 Å². The predicted molar refractivity (Wildman–Crippen MR) is 115 cm³/mol. The molecule has 166 valence electrons. The predicted octanol–water partition coefficient (Wildman–Crippen LogP) is 3.46. The van der Waals surface area contributed by atoms with E-state index in [-0.39, 0.29) is 29.7 Å². The number of rotatable bonds is 5. The minimum absolute atomic E-state index is 0.0494. The topological polar surface area (TPSA) is 62.1 Å². The number of hydrogen-bond acceptors (Lipinski definition) is 6. The molecular formula is C23H20F2N2O4S. The maximum absolute atomic E-state index is 13.3. The highest BCUT2D eigenvalue weighted by molar-refractivity contribution is 7.07. The lowest BCUT2D eigenvalue weighted by Crippen LogP contribution is -2.49. The van der Waals surface area contributed by atoms with Crippen LogP contribution in [0.5, 0.6) is 17.2 Å². The third-order valence-electron chi connectivity index (χ3n) is 5.44. The molecule has 0 N–H and O–H groups in total. The first-order valence-electron chi connectivity index (χ1n) is 10.2. The molecule has 3 heterocycles. The molecule has 0 amide bonds. The third-order valence-corrected chi connectivity index (χ3v) is 6.43. The van der Waals surface area contributed by atoms with Gasteiger partial charge >= 0.3 is 6.61 Å². The van der Waals surface area contributed by atoms with E-state index >= 15 is 0 Å². The maximum atomic E-state index is 13.3. The van der Waals surface area contributed by atoms with E-state index in [1.165, 1.54) is 17.4 Å². The Hall–Kier alpha value is -3.20. The van der Waals surface area contributed by atoms with Crippen LogP contribution in [0.1, 0.15) is 37.4 Å². The van der Waals surface area contributed by atoms with Crippen LogP contribution in [0.2, 0.25) is 0 Å². The number of benzene rings is 2. The molecular weight excluding hydrogens is 438 g/mol. The zero-order valence-corrected chi connectivity index (χ0v) is 18.2. The van der Waals surface area contributed by atoms with Crippen LogP contribution in [0.4, 0.5) is 8.78 Å². The van der Waals surface area contributed by atoms with E-state index in [0.29, 0.717) is 21.3 Å². The lowest BCUT2D eigenvalue weighted by molar-refractivity contribution is -0.0514. The molecule has 2 aromatic carbocycles. The Kier molecular flexibility index (Phi) is 5.00. The molecule has 0 spiro atoms. The largest absolute Gasteiger partial charge is 0.490 e. The number of hydrogen-bond donors (Lipinski definition) is 0. The number of nitrogens with zero attached hydrogens (tertiary/aromatic N) is 2. The number of ether oxygens (including phenoxy) is 3. The van der Waals surface area contributed by atoms with Crippen molar-refractivity contribution >= 4 is 17.4 Å². The van der Waals surface area contributed by atoms with Crippen LogP contribution in [0.3, 0.4) is 0 Å². The first-order chi connectivity index (χ1) is 15.4. The van der Waals surface area contributed by atoms with Crippen LogP contribution in [-0.4, -0.2) is 23.5 Å². The zero-order valence-electron chi connectivity index (χ0n) is 17.4. The van der Waals surface area contributed by atoms with Crippen molar-refractivity contribution in [2.75, 3.05) is 6.61 Å². The molecule has 0 saturated heterocycles. The first kappa shape index (κ1) is 20.7. The highest BCUT2D eigenvalue weighted by Crippen LogP contribution is 2.42.